The monoisotopic (exact) mass is 421 g/mol. The molecule has 0 atom stereocenters. The van der Waals surface area contributed by atoms with E-state index in [0.717, 1.165) is 22.8 Å². The lowest BCUT2D eigenvalue weighted by Gasteiger charge is -2.26. The van der Waals surface area contributed by atoms with E-state index in [0.29, 0.717) is 37.8 Å². The number of ether oxygens (including phenoxy) is 2. The number of rotatable bonds is 8. The Morgan fingerprint density at radius 3 is 2.50 bits per heavy atom. The van der Waals surface area contributed by atoms with Gasteiger partial charge in [0.1, 0.15) is 5.75 Å². The summed E-state index contributed by atoms with van der Waals surface area (Å²) in [6.07, 6.45) is 0. The molecule has 0 N–H and O–H groups in total. The van der Waals surface area contributed by atoms with Gasteiger partial charge < -0.3 is 9.47 Å². The number of thioether (sulfide) groups is 1. The number of hydrogen-bond donors (Lipinski definition) is 0. The van der Waals surface area contributed by atoms with Gasteiger partial charge in [-0.2, -0.15) is 16.1 Å². The van der Waals surface area contributed by atoms with Gasteiger partial charge in [-0.25, -0.2) is 8.42 Å². The molecule has 1 aliphatic rings. The van der Waals surface area contributed by atoms with Crippen LogP contribution in [0.1, 0.15) is 16.7 Å². The van der Waals surface area contributed by atoms with Crippen LogP contribution in [0.25, 0.3) is 0 Å². The van der Waals surface area contributed by atoms with Crippen LogP contribution >= 0.6 is 11.8 Å². The van der Waals surface area contributed by atoms with Gasteiger partial charge in [-0.05, 0) is 54.8 Å². The summed E-state index contributed by atoms with van der Waals surface area (Å²) in [6.45, 7) is 6.48. The van der Waals surface area contributed by atoms with Crippen LogP contribution in [0.15, 0.2) is 47.4 Å². The molecule has 3 rings (SSSR count). The van der Waals surface area contributed by atoms with Crippen molar-refractivity contribution in [1.82, 2.24) is 4.31 Å². The van der Waals surface area contributed by atoms with Crippen LogP contribution in [0, 0.1) is 13.8 Å². The molecule has 152 valence electrons. The van der Waals surface area contributed by atoms with E-state index in [9.17, 15) is 8.42 Å². The molecule has 1 saturated heterocycles. The van der Waals surface area contributed by atoms with Crippen molar-refractivity contribution in [1.29, 1.82) is 0 Å². The zero-order valence-corrected chi connectivity index (χ0v) is 18.0. The van der Waals surface area contributed by atoms with E-state index in [1.54, 1.807) is 23.9 Å². The molecule has 7 heteroatoms. The highest BCUT2D eigenvalue weighted by molar-refractivity contribution is 7.98. The fraction of sp³-hybridized carbons (Fsp3) is 0.429. The van der Waals surface area contributed by atoms with Crippen molar-refractivity contribution in [2.75, 3.05) is 38.7 Å². The summed E-state index contributed by atoms with van der Waals surface area (Å²) >= 11 is 1.74. The van der Waals surface area contributed by atoms with E-state index in [4.69, 9.17) is 9.47 Å². The number of hydrogen-bond acceptors (Lipinski definition) is 5. The van der Waals surface area contributed by atoms with Crippen molar-refractivity contribution in [3.63, 3.8) is 0 Å². The summed E-state index contributed by atoms with van der Waals surface area (Å²) in [5, 5.41) is 0. The molecule has 0 aromatic heterocycles. The van der Waals surface area contributed by atoms with Crippen LogP contribution < -0.4 is 4.74 Å². The average molecular weight is 422 g/mol. The Kier molecular flexibility index (Phi) is 7.40. The fourth-order valence-electron chi connectivity index (χ4n) is 3.16. The molecule has 2 aromatic carbocycles. The van der Waals surface area contributed by atoms with Gasteiger partial charge in [0, 0.05) is 24.6 Å². The summed E-state index contributed by atoms with van der Waals surface area (Å²) < 4.78 is 38.1. The third kappa shape index (κ3) is 5.73. The van der Waals surface area contributed by atoms with Crippen molar-refractivity contribution >= 4 is 21.8 Å². The highest BCUT2D eigenvalue weighted by Crippen LogP contribution is 2.21. The minimum absolute atomic E-state index is 0.360. The molecule has 5 nitrogen and oxygen atoms in total. The lowest BCUT2D eigenvalue weighted by atomic mass is 10.1. The molecule has 0 saturated carbocycles. The molecule has 0 amide bonds. The normalized spacial score (nSPS) is 15.5. The van der Waals surface area contributed by atoms with E-state index in [1.807, 2.05) is 24.3 Å². The third-order valence-electron chi connectivity index (χ3n) is 4.47. The number of morpholine rings is 1. The van der Waals surface area contributed by atoms with E-state index >= 15 is 0 Å². The molecule has 1 aliphatic heterocycles. The summed E-state index contributed by atoms with van der Waals surface area (Å²) in [5.74, 6) is 2.49. The predicted molar refractivity (Wildman–Crippen MR) is 114 cm³/mol. The van der Waals surface area contributed by atoms with Crippen molar-refractivity contribution < 1.29 is 17.9 Å². The average Bonchev–Trinajstić information content (AvgIpc) is 2.68. The number of sulfonamides is 1. The standard InChI is InChI=1S/C21H27NO4S2/c1-17-12-18(2)14-20(13-17)26-10-11-27-16-19-4-3-5-21(15-19)28(23,24)22-6-8-25-9-7-22/h3-5,12-15H,6-11,16H2,1-2H3. The summed E-state index contributed by atoms with van der Waals surface area (Å²) in [6, 6.07) is 13.4. The number of benzene rings is 2. The quantitative estimate of drug-likeness (QED) is 0.609. The molecule has 1 fully saturated rings. The van der Waals surface area contributed by atoms with E-state index < -0.39 is 10.0 Å². The maximum atomic E-state index is 12.8. The van der Waals surface area contributed by atoms with Gasteiger partial charge in [0.05, 0.1) is 24.7 Å². The summed E-state index contributed by atoms with van der Waals surface area (Å²) in [7, 11) is -3.44. The van der Waals surface area contributed by atoms with E-state index in [2.05, 4.69) is 19.9 Å². The Labute approximate surface area is 172 Å². The van der Waals surface area contributed by atoms with Gasteiger partial charge in [-0.3, -0.25) is 0 Å². The minimum atomic E-state index is -3.44. The second-order valence-electron chi connectivity index (χ2n) is 6.89. The number of nitrogens with zero attached hydrogens (tertiary/aromatic N) is 1. The molecule has 0 unspecified atom stereocenters. The van der Waals surface area contributed by atoms with Crippen LogP contribution in [0.5, 0.6) is 5.75 Å². The molecule has 0 spiro atoms. The van der Waals surface area contributed by atoms with Crippen molar-refractivity contribution in [3.05, 3.63) is 59.2 Å². The second kappa shape index (κ2) is 9.78. The molecule has 2 aromatic rings. The van der Waals surface area contributed by atoms with Crippen LogP contribution in [0.3, 0.4) is 0 Å². The van der Waals surface area contributed by atoms with Gasteiger partial charge in [0.25, 0.3) is 0 Å². The second-order valence-corrected chi connectivity index (χ2v) is 9.93. The van der Waals surface area contributed by atoms with E-state index in [1.165, 1.54) is 15.4 Å². The first kappa shape index (κ1) is 21.2. The van der Waals surface area contributed by atoms with Gasteiger partial charge in [-0.1, -0.05) is 18.2 Å². The van der Waals surface area contributed by atoms with Crippen molar-refractivity contribution in [3.8, 4) is 5.75 Å². The molecule has 0 bridgehead atoms. The highest BCUT2D eigenvalue weighted by atomic mass is 32.2. The molecular formula is C21H27NO4S2. The lowest BCUT2D eigenvalue weighted by molar-refractivity contribution is 0.0730. The van der Waals surface area contributed by atoms with Crippen LogP contribution in [-0.4, -0.2) is 51.4 Å². The summed E-state index contributed by atoms with van der Waals surface area (Å²) in [4.78, 5) is 0.360. The number of aryl methyl sites for hydroxylation is 2. The Hall–Kier alpha value is -1.54. The minimum Gasteiger partial charge on any atom is -0.493 e. The smallest absolute Gasteiger partial charge is 0.243 e. The van der Waals surface area contributed by atoms with Gasteiger partial charge in [0.2, 0.25) is 10.0 Å². The maximum absolute atomic E-state index is 12.8. The lowest BCUT2D eigenvalue weighted by Crippen LogP contribution is -2.40. The topological polar surface area (TPSA) is 55.8 Å². The highest BCUT2D eigenvalue weighted by Gasteiger charge is 2.26. The van der Waals surface area contributed by atoms with Crippen molar-refractivity contribution in [2.45, 2.75) is 24.5 Å². The Bertz CT molecular complexity index is 873. The molecule has 1 heterocycles. The predicted octanol–water partition coefficient (Wildman–Crippen LogP) is 3.64. The van der Waals surface area contributed by atoms with Gasteiger partial charge >= 0.3 is 0 Å². The Balaban J connectivity index is 1.50. The van der Waals surface area contributed by atoms with Gasteiger partial charge in [0.15, 0.2) is 0 Å². The molecule has 0 aliphatic carbocycles. The zero-order chi connectivity index (χ0) is 20.0. The Morgan fingerprint density at radius 1 is 1.07 bits per heavy atom. The van der Waals surface area contributed by atoms with Crippen LogP contribution in [0.4, 0.5) is 0 Å². The summed E-state index contributed by atoms with van der Waals surface area (Å²) in [5.41, 5.74) is 3.40. The zero-order valence-electron chi connectivity index (χ0n) is 16.4. The molecular weight excluding hydrogens is 394 g/mol. The largest absolute Gasteiger partial charge is 0.493 e. The Morgan fingerprint density at radius 2 is 1.79 bits per heavy atom. The van der Waals surface area contributed by atoms with Crippen LogP contribution in [-0.2, 0) is 20.5 Å². The first-order valence-electron chi connectivity index (χ1n) is 9.41. The third-order valence-corrected chi connectivity index (χ3v) is 7.35. The first-order valence-corrected chi connectivity index (χ1v) is 12.0. The van der Waals surface area contributed by atoms with Crippen LogP contribution in [0.2, 0.25) is 0 Å². The van der Waals surface area contributed by atoms with Gasteiger partial charge in [-0.15, -0.1) is 0 Å². The fourth-order valence-corrected chi connectivity index (χ4v) is 5.40. The SMILES string of the molecule is Cc1cc(C)cc(OCCSCc2cccc(S(=O)(=O)N3CCOCC3)c2)c1. The van der Waals surface area contributed by atoms with Crippen molar-refractivity contribution in [2.24, 2.45) is 0 Å². The first-order chi connectivity index (χ1) is 13.4. The maximum Gasteiger partial charge on any atom is 0.243 e. The van der Waals surface area contributed by atoms with E-state index in [-0.39, 0.29) is 0 Å². The molecule has 28 heavy (non-hydrogen) atoms. The molecule has 0 radical (unpaired) electrons.